The summed E-state index contributed by atoms with van der Waals surface area (Å²) in [6, 6.07) is 1.95. The molecule has 4 heteroatoms. The van der Waals surface area contributed by atoms with Gasteiger partial charge in [0.15, 0.2) is 0 Å². The Bertz CT molecular complexity index is 524. The molecular formula is C15H19NO3. The third-order valence-electron chi connectivity index (χ3n) is 3.71. The molecule has 0 aliphatic heterocycles. The lowest BCUT2D eigenvalue weighted by Crippen LogP contribution is -2.44. The summed E-state index contributed by atoms with van der Waals surface area (Å²) >= 11 is 0. The lowest BCUT2D eigenvalue weighted by atomic mass is 9.70. The van der Waals surface area contributed by atoms with Crippen LogP contribution in [0.3, 0.4) is 0 Å². The number of Topliss-reactive ketones (excluding diaryl/α,β-unsaturated/α-hetero) is 1. The molecule has 0 bridgehead atoms. The molecule has 0 saturated heterocycles. The van der Waals surface area contributed by atoms with Crippen LogP contribution in [0.4, 0.5) is 0 Å². The first kappa shape index (κ1) is 13.7. The van der Waals surface area contributed by atoms with Crippen LogP contribution in [0.25, 0.3) is 0 Å². The summed E-state index contributed by atoms with van der Waals surface area (Å²) < 4.78 is 5.18. The molecule has 1 aromatic rings. The molecule has 0 spiro atoms. The molecule has 1 aliphatic rings. The predicted octanol–water partition coefficient (Wildman–Crippen LogP) is 2.12. The maximum absolute atomic E-state index is 12.3. The van der Waals surface area contributed by atoms with Gasteiger partial charge in [-0.3, -0.25) is 14.6 Å². The van der Waals surface area contributed by atoms with Crippen LogP contribution in [-0.4, -0.2) is 23.3 Å². The fourth-order valence-corrected chi connectivity index (χ4v) is 2.77. The molecule has 0 amide bonds. The second-order valence-electron chi connectivity index (χ2n) is 5.07. The van der Waals surface area contributed by atoms with Crippen molar-refractivity contribution in [2.24, 2.45) is 0 Å². The van der Waals surface area contributed by atoms with Crippen LogP contribution >= 0.6 is 0 Å². The van der Waals surface area contributed by atoms with Crippen molar-refractivity contribution in [2.45, 2.75) is 45.4 Å². The third kappa shape index (κ3) is 2.27. The number of aryl methyl sites for hydroxylation is 1. The first-order chi connectivity index (χ1) is 9.03. The van der Waals surface area contributed by atoms with Crippen LogP contribution in [0.1, 0.15) is 43.5 Å². The number of esters is 1. The Hall–Kier alpha value is -1.71. The molecule has 0 saturated carbocycles. The lowest BCUT2D eigenvalue weighted by Gasteiger charge is -2.34. The number of ether oxygens (including phenoxy) is 1. The van der Waals surface area contributed by atoms with Crippen LogP contribution in [0.2, 0.25) is 0 Å². The van der Waals surface area contributed by atoms with Crippen molar-refractivity contribution in [3.05, 3.63) is 29.1 Å². The van der Waals surface area contributed by atoms with Crippen LogP contribution in [0.15, 0.2) is 12.3 Å². The number of hydrogen-bond acceptors (Lipinski definition) is 4. The van der Waals surface area contributed by atoms with E-state index in [-0.39, 0.29) is 18.2 Å². The molecule has 0 radical (unpaired) electrons. The SMILES string of the molecule is CCOC(=O)C1(CC)CC(=O)Cc2cc(C)cnc21. The predicted molar refractivity (Wildman–Crippen MR) is 70.9 cm³/mol. The quantitative estimate of drug-likeness (QED) is 0.782. The highest BCUT2D eigenvalue weighted by atomic mass is 16.5. The van der Waals surface area contributed by atoms with E-state index in [1.807, 2.05) is 19.9 Å². The summed E-state index contributed by atoms with van der Waals surface area (Å²) in [5.41, 5.74) is 1.70. The second-order valence-corrected chi connectivity index (χ2v) is 5.07. The van der Waals surface area contributed by atoms with E-state index in [1.54, 1.807) is 13.1 Å². The van der Waals surface area contributed by atoms with Gasteiger partial charge >= 0.3 is 5.97 Å². The first-order valence-electron chi connectivity index (χ1n) is 6.68. The van der Waals surface area contributed by atoms with Gasteiger partial charge in [-0.1, -0.05) is 13.0 Å². The largest absolute Gasteiger partial charge is 0.465 e. The standard InChI is InChI=1S/C15H19NO3/c1-4-15(14(18)19-5-2)8-12(17)7-11-6-10(3)9-16-13(11)15/h6,9H,4-5,7-8H2,1-3H3. The van der Waals surface area contributed by atoms with Crippen LogP contribution in [-0.2, 0) is 26.2 Å². The second kappa shape index (κ2) is 5.11. The molecule has 0 aromatic carbocycles. The molecule has 19 heavy (non-hydrogen) atoms. The Morgan fingerprint density at radius 1 is 1.47 bits per heavy atom. The molecule has 1 aromatic heterocycles. The van der Waals surface area contributed by atoms with Gasteiger partial charge in [0.1, 0.15) is 11.2 Å². The fourth-order valence-electron chi connectivity index (χ4n) is 2.77. The zero-order chi connectivity index (χ0) is 14.0. The van der Waals surface area contributed by atoms with Gasteiger partial charge in [0.05, 0.1) is 12.3 Å². The number of hydrogen-bond donors (Lipinski definition) is 0. The highest BCUT2D eigenvalue weighted by Crippen LogP contribution is 2.38. The van der Waals surface area contributed by atoms with Crippen molar-refractivity contribution in [3.8, 4) is 0 Å². The Kier molecular flexibility index (Phi) is 3.69. The van der Waals surface area contributed by atoms with Gasteiger partial charge < -0.3 is 4.74 Å². The number of nitrogens with zero attached hydrogens (tertiary/aromatic N) is 1. The van der Waals surface area contributed by atoms with Gasteiger partial charge in [0.2, 0.25) is 0 Å². The number of carbonyl (C=O) groups excluding carboxylic acids is 2. The zero-order valence-corrected chi connectivity index (χ0v) is 11.7. The van der Waals surface area contributed by atoms with Crippen molar-refractivity contribution in [1.82, 2.24) is 4.98 Å². The molecular weight excluding hydrogens is 242 g/mol. The molecule has 0 fully saturated rings. The van der Waals surface area contributed by atoms with Gasteiger partial charge in [-0.25, -0.2) is 0 Å². The number of fused-ring (bicyclic) bond motifs is 1. The van der Waals surface area contributed by atoms with Crippen molar-refractivity contribution in [2.75, 3.05) is 6.61 Å². The normalized spacial score (nSPS) is 21.9. The van der Waals surface area contributed by atoms with E-state index in [9.17, 15) is 9.59 Å². The summed E-state index contributed by atoms with van der Waals surface area (Å²) in [4.78, 5) is 28.7. The van der Waals surface area contributed by atoms with Crippen molar-refractivity contribution in [3.63, 3.8) is 0 Å². The molecule has 2 rings (SSSR count). The van der Waals surface area contributed by atoms with E-state index in [2.05, 4.69) is 4.98 Å². The molecule has 4 nitrogen and oxygen atoms in total. The summed E-state index contributed by atoms with van der Waals surface area (Å²) in [5, 5.41) is 0. The Labute approximate surface area is 113 Å². The molecule has 1 heterocycles. The highest BCUT2D eigenvalue weighted by molar-refractivity contribution is 5.94. The minimum atomic E-state index is -0.894. The lowest BCUT2D eigenvalue weighted by molar-refractivity contribution is -0.153. The average Bonchev–Trinajstić information content (AvgIpc) is 2.37. The topological polar surface area (TPSA) is 56.3 Å². The van der Waals surface area contributed by atoms with E-state index >= 15 is 0 Å². The highest BCUT2D eigenvalue weighted by Gasteiger charge is 2.47. The smallest absolute Gasteiger partial charge is 0.318 e. The number of rotatable bonds is 3. The summed E-state index contributed by atoms with van der Waals surface area (Å²) in [5.74, 6) is -0.252. The number of aromatic nitrogens is 1. The van der Waals surface area contributed by atoms with E-state index < -0.39 is 5.41 Å². The number of ketones is 1. The molecule has 102 valence electrons. The van der Waals surface area contributed by atoms with E-state index in [0.29, 0.717) is 19.4 Å². The van der Waals surface area contributed by atoms with Gasteiger partial charge in [0, 0.05) is 19.0 Å². The van der Waals surface area contributed by atoms with E-state index in [0.717, 1.165) is 16.8 Å². The monoisotopic (exact) mass is 261 g/mol. The summed E-state index contributed by atoms with van der Waals surface area (Å²) in [7, 11) is 0. The number of carbonyl (C=O) groups is 2. The Morgan fingerprint density at radius 2 is 2.21 bits per heavy atom. The average molecular weight is 261 g/mol. The van der Waals surface area contributed by atoms with E-state index in [4.69, 9.17) is 4.74 Å². The minimum absolute atomic E-state index is 0.0785. The van der Waals surface area contributed by atoms with Gasteiger partial charge in [-0.2, -0.15) is 0 Å². The van der Waals surface area contributed by atoms with Crippen molar-refractivity contribution < 1.29 is 14.3 Å². The fraction of sp³-hybridized carbons (Fsp3) is 0.533. The van der Waals surface area contributed by atoms with E-state index in [1.165, 1.54) is 0 Å². The Morgan fingerprint density at radius 3 is 2.84 bits per heavy atom. The van der Waals surface area contributed by atoms with Crippen LogP contribution in [0, 0.1) is 6.92 Å². The molecule has 1 aliphatic carbocycles. The van der Waals surface area contributed by atoms with Crippen LogP contribution in [0.5, 0.6) is 0 Å². The van der Waals surface area contributed by atoms with Crippen molar-refractivity contribution >= 4 is 11.8 Å². The summed E-state index contributed by atoms with van der Waals surface area (Å²) in [6.07, 6.45) is 2.84. The maximum atomic E-state index is 12.3. The molecule has 1 atom stereocenters. The van der Waals surface area contributed by atoms with Gasteiger partial charge in [-0.05, 0) is 31.4 Å². The molecule has 0 N–H and O–H groups in total. The van der Waals surface area contributed by atoms with Crippen LogP contribution < -0.4 is 0 Å². The first-order valence-corrected chi connectivity index (χ1v) is 6.68. The minimum Gasteiger partial charge on any atom is -0.465 e. The summed E-state index contributed by atoms with van der Waals surface area (Å²) in [6.45, 7) is 5.93. The van der Waals surface area contributed by atoms with Crippen molar-refractivity contribution in [1.29, 1.82) is 0 Å². The van der Waals surface area contributed by atoms with Gasteiger partial charge in [-0.15, -0.1) is 0 Å². The Balaban J connectivity index is 2.56. The third-order valence-corrected chi connectivity index (χ3v) is 3.71. The number of pyridine rings is 1. The zero-order valence-electron chi connectivity index (χ0n) is 11.7. The maximum Gasteiger partial charge on any atom is 0.318 e. The molecule has 1 unspecified atom stereocenters. The van der Waals surface area contributed by atoms with Gasteiger partial charge in [0.25, 0.3) is 0 Å².